The van der Waals surface area contributed by atoms with E-state index in [0.29, 0.717) is 5.92 Å². The van der Waals surface area contributed by atoms with E-state index in [4.69, 9.17) is 4.98 Å². The van der Waals surface area contributed by atoms with Gasteiger partial charge in [0.15, 0.2) is 0 Å². The van der Waals surface area contributed by atoms with Gasteiger partial charge in [0.2, 0.25) is 0 Å². The zero-order valence-corrected chi connectivity index (χ0v) is 16.3. The number of pyridine rings is 2. The van der Waals surface area contributed by atoms with Gasteiger partial charge >= 0.3 is 0 Å². The predicted octanol–water partition coefficient (Wildman–Crippen LogP) is 4.70. The summed E-state index contributed by atoms with van der Waals surface area (Å²) in [7, 11) is 0. The molecule has 26 heavy (non-hydrogen) atoms. The summed E-state index contributed by atoms with van der Waals surface area (Å²) in [5.74, 6) is 0.627. The molecule has 136 valence electrons. The van der Waals surface area contributed by atoms with Crippen molar-refractivity contribution in [3.8, 4) is 11.1 Å². The third-order valence-electron chi connectivity index (χ3n) is 4.67. The third kappa shape index (κ3) is 4.10. The van der Waals surface area contributed by atoms with Crippen molar-refractivity contribution >= 4 is 23.0 Å². The molecule has 5 heteroatoms. The summed E-state index contributed by atoms with van der Waals surface area (Å²) in [4.78, 5) is 8.94. The Labute approximate surface area is 159 Å². The summed E-state index contributed by atoms with van der Waals surface area (Å²) >= 11 is 1.89. The molecule has 4 rings (SSSR count). The number of fused-ring (bicyclic) bond motifs is 1. The molecule has 1 aliphatic carbocycles. The summed E-state index contributed by atoms with van der Waals surface area (Å²) < 4.78 is 5.82. The molecular weight excluding hydrogens is 340 g/mol. The Morgan fingerprint density at radius 3 is 2.77 bits per heavy atom. The second-order valence-electron chi connectivity index (χ2n) is 7.49. The summed E-state index contributed by atoms with van der Waals surface area (Å²) in [6.45, 7) is 6.48. The minimum Gasteiger partial charge on any atom is -0.331 e. The van der Waals surface area contributed by atoms with E-state index in [1.165, 1.54) is 29.4 Å². The molecule has 4 nitrogen and oxygen atoms in total. The van der Waals surface area contributed by atoms with Gasteiger partial charge in [-0.25, -0.2) is 4.98 Å². The van der Waals surface area contributed by atoms with Crippen LogP contribution in [0.15, 0.2) is 43.0 Å². The molecule has 0 aromatic carbocycles. The fourth-order valence-electron chi connectivity index (χ4n) is 3.25. The largest absolute Gasteiger partial charge is 0.331 e. The van der Waals surface area contributed by atoms with Crippen LogP contribution in [0.25, 0.3) is 22.2 Å². The molecule has 0 saturated heterocycles. The van der Waals surface area contributed by atoms with E-state index in [1.54, 1.807) is 0 Å². The first-order valence-corrected chi connectivity index (χ1v) is 10.4. The summed E-state index contributed by atoms with van der Waals surface area (Å²) in [6.07, 6.45) is 11.8. The topological polar surface area (TPSA) is 42.7 Å². The van der Waals surface area contributed by atoms with Gasteiger partial charge in [0.25, 0.3) is 0 Å². The highest BCUT2D eigenvalue weighted by Gasteiger charge is 2.21. The number of nitrogens with one attached hydrogen (secondary N) is 1. The van der Waals surface area contributed by atoms with Gasteiger partial charge in [-0.3, -0.25) is 9.71 Å². The number of aromatic nitrogens is 3. The Balaban J connectivity index is 1.61. The van der Waals surface area contributed by atoms with Crippen LogP contribution < -0.4 is 4.72 Å². The van der Waals surface area contributed by atoms with Crippen LogP contribution in [0.5, 0.6) is 0 Å². The quantitative estimate of drug-likeness (QED) is 0.464. The van der Waals surface area contributed by atoms with Crippen molar-refractivity contribution in [1.29, 1.82) is 0 Å². The maximum absolute atomic E-state index is 4.82. The summed E-state index contributed by atoms with van der Waals surface area (Å²) in [6, 6.07) is 6.38. The number of nitrogens with zero attached hydrogens (tertiary/aromatic N) is 3. The molecule has 1 fully saturated rings. The minimum atomic E-state index is 0.627. The fraction of sp³-hybridized carbons (Fsp3) is 0.429. The first-order chi connectivity index (χ1) is 12.7. The van der Waals surface area contributed by atoms with Crippen LogP contribution in [-0.2, 0) is 13.0 Å². The minimum absolute atomic E-state index is 0.627. The van der Waals surface area contributed by atoms with Gasteiger partial charge in [-0.05, 0) is 54.5 Å². The van der Waals surface area contributed by atoms with Crippen LogP contribution in [0.4, 0.5) is 0 Å². The lowest BCUT2D eigenvalue weighted by Gasteiger charge is -2.06. The summed E-state index contributed by atoms with van der Waals surface area (Å²) in [5.41, 5.74) is 4.81. The standard InChI is InChI=1S/C21H26N4S/c1-15(2)11-18-14-25(10-9-24-26-19-3-4-19)21-20(18)12-17(13-23-21)16-5-7-22-8-6-16/h5-8,12-15,19,24H,3-4,9-11H2,1-2H3. The Hall–Kier alpha value is -1.85. The zero-order valence-electron chi connectivity index (χ0n) is 15.5. The molecule has 0 spiro atoms. The molecule has 1 saturated carbocycles. The Morgan fingerprint density at radius 1 is 1.23 bits per heavy atom. The van der Waals surface area contributed by atoms with Gasteiger partial charge in [-0.15, -0.1) is 0 Å². The molecule has 0 aliphatic heterocycles. The van der Waals surface area contributed by atoms with Crippen LogP contribution in [-0.4, -0.2) is 26.3 Å². The molecule has 1 N–H and O–H groups in total. The second-order valence-corrected chi connectivity index (χ2v) is 8.68. The predicted molar refractivity (Wildman–Crippen MR) is 110 cm³/mol. The Morgan fingerprint density at radius 2 is 2.04 bits per heavy atom. The van der Waals surface area contributed by atoms with E-state index in [1.807, 2.05) is 42.7 Å². The highest BCUT2D eigenvalue weighted by atomic mass is 32.2. The fourth-order valence-corrected chi connectivity index (χ4v) is 4.06. The summed E-state index contributed by atoms with van der Waals surface area (Å²) in [5, 5.41) is 2.12. The number of hydrogen-bond acceptors (Lipinski definition) is 4. The SMILES string of the molecule is CC(C)Cc1cn(CCNSC2CC2)c2ncc(-c3ccncc3)cc12. The molecule has 0 atom stereocenters. The highest BCUT2D eigenvalue weighted by Crippen LogP contribution is 2.32. The molecule has 3 aromatic rings. The van der Waals surface area contributed by atoms with Gasteiger partial charge in [0.05, 0.1) is 0 Å². The van der Waals surface area contributed by atoms with E-state index in [9.17, 15) is 0 Å². The van der Waals surface area contributed by atoms with E-state index < -0.39 is 0 Å². The molecule has 0 bridgehead atoms. The maximum Gasteiger partial charge on any atom is 0.140 e. The molecule has 3 aromatic heterocycles. The molecule has 0 radical (unpaired) electrons. The van der Waals surface area contributed by atoms with Crippen LogP contribution in [0.1, 0.15) is 32.3 Å². The van der Waals surface area contributed by atoms with Crippen LogP contribution in [0.2, 0.25) is 0 Å². The number of rotatable bonds is 8. The van der Waals surface area contributed by atoms with Gasteiger partial charge in [-0.2, -0.15) is 0 Å². The lowest BCUT2D eigenvalue weighted by molar-refractivity contribution is 0.643. The smallest absolute Gasteiger partial charge is 0.140 e. The van der Waals surface area contributed by atoms with Crippen LogP contribution >= 0.6 is 11.9 Å². The first-order valence-electron chi connectivity index (χ1n) is 9.47. The second kappa shape index (κ2) is 7.80. The monoisotopic (exact) mass is 366 g/mol. The van der Waals surface area contributed by atoms with Gasteiger partial charge < -0.3 is 4.57 Å². The van der Waals surface area contributed by atoms with Crippen LogP contribution in [0.3, 0.4) is 0 Å². The van der Waals surface area contributed by atoms with Gasteiger partial charge in [0, 0.05) is 54.1 Å². The lowest BCUT2D eigenvalue weighted by atomic mass is 10.0. The molecule has 1 aliphatic rings. The third-order valence-corrected chi connectivity index (χ3v) is 5.84. The van der Waals surface area contributed by atoms with Crippen molar-refractivity contribution < 1.29 is 0 Å². The maximum atomic E-state index is 4.82. The molecule has 0 unspecified atom stereocenters. The molecule has 0 amide bonds. The van der Waals surface area contributed by atoms with Gasteiger partial charge in [-0.1, -0.05) is 25.8 Å². The van der Waals surface area contributed by atoms with Crippen molar-refractivity contribution in [3.05, 3.63) is 48.5 Å². The average molecular weight is 367 g/mol. The lowest BCUT2D eigenvalue weighted by Crippen LogP contribution is -2.13. The van der Waals surface area contributed by atoms with Crippen molar-refractivity contribution in [1.82, 2.24) is 19.3 Å². The molecular formula is C21H26N4S. The van der Waals surface area contributed by atoms with E-state index in [-0.39, 0.29) is 0 Å². The number of hydrogen-bond donors (Lipinski definition) is 1. The Kier molecular flexibility index (Phi) is 5.27. The van der Waals surface area contributed by atoms with Crippen molar-refractivity contribution in [2.45, 2.75) is 44.9 Å². The highest BCUT2D eigenvalue weighted by molar-refractivity contribution is 7.98. The van der Waals surface area contributed by atoms with Crippen molar-refractivity contribution in [2.24, 2.45) is 5.92 Å². The Bertz CT molecular complexity index is 868. The van der Waals surface area contributed by atoms with Crippen molar-refractivity contribution in [3.63, 3.8) is 0 Å². The van der Waals surface area contributed by atoms with Crippen molar-refractivity contribution in [2.75, 3.05) is 6.54 Å². The van der Waals surface area contributed by atoms with Crippen LogP contribution in [0, 0.1) is 5.92 Å². The zero-order chi connectivity index (χ0) is 17.9. The molecule has 3 heterocycles. The normalized spacial score (nSPS) is 14.4. The van der Waals surface area contributed by atoms with E-state index in [0.717, 1.165) is 36.0 Å². The van der Waals surface area contributed by atoms with E-state index >= 15 is 0 Å². The average Bonchev–Trinajstić information content (AvgIpc) is 3.42. The van der Waals surface area contributed by atoms with E-state index in [2.05, 4.69) is 40.4 Å². The first kappa shape index (κ1) is 17.6. The van der Waals surface area contributed by atoms with Gasteiger partial charge in [0.1, 0.15) is 5.65 Å².